The summed E-state index contributed by atoms with van der Waals surface area (Å²) in [5, 5.41) is 0. The number of hydrogen-bond acceptors (Lipinski definition) is 3. The van der Waals surface area contributed by atoms with Crippen molar-refractivity contribution < 1.29 is 14.2 Å². The molecule has 0 aromatic carbocycles. The molecule has 1 saturated carbocycles. The number of methoxy groups -OCH3 is 1. The van der Waals surface area contributed by atoms with E-state index in [-0.39, 0.29) is 5.79 Å². The maximum atomic E-state index is 5.71. The number of rotatable bonds is 1. The number of hydrogen-bond donors (Lipinski definition) is 0. The van der Waals surface area contributed by atoms with E-state index in [1.165, 1.54) is 0 Å². The summed E-state index contributed by atoms with van der Waals surface area (Å²) in [6.45, 7) is 9.53. The highest BCUT2D eigenvalue weighted by Gasteiger charge is 2.50. The first-order valence-corrected chi connectivity index (χ1v) is 7.34. The lowest BCUT2D eigenvalue weighted by Gasteiger charge is -2.22. The molecule has 3 heteroatoms. The molecule has 1 aliphatic heterocycles. The number of fused-ring (bicyclic) bond motifs is 1. The van der Waals surface area contributed by atoms with Crippen LogP contribution in [0, 0.1) is 11.8 Å². The zero-order chi connectivity index (χ0) is 13.6. The summed E-state index contributed by atoms with van der Waals surface area (Å²) < 4.78 is 16.7. The van der Waals surface area contributed by atoms with Crippen LogP contribution in [0.5, 0.6) is 0 Å². The van der Waals surface area contributed by atoms with Crippen LogP contribution in [-0.2, 0) is 14.2 Å². The predicted octanol–water partition coefficient (Wildman–Crippen LogP) is 3.74. The van der Waals surface area contributed by atoms with Gasteiger partial charge < -0.3 is 14.2 Å². The van der Waals surface area contributed by atoms with Gasteiger partial charge in [0, 0.05) is 19.3 Å². The molecule has 2 unspecified atom stereocenters. The normalized spacial score (nSPS) is 30.8. The topological polar surface area (TPSA) is 27.7 Å². The van der Waals surface area contributed by atoms with Crippen molar-refractivity contribution in [3.8, 4) is 0 Å². The van der Waals surface area contributed by atoms with Crippen molar-refractivity contribution >= 4 is 0 Å². The summed E-state index contributed by atoms with van der Waals surface area (Å²) >= 11 is 0. The Morgan fingerprint density at radius 3 is 2.22 bits per heavy atom. The molecule has 3 nitrogen and oxygen atoms in total. The van der Waals surface area contributed by atoms with Gasteiger partial charge in [-0.15, -0.1) is 0 Å². The van der Waals surface area contributed by atoms with E-state index in [0.717, 1.165) is 38.2 Å². The highest BCUT2D eigenvalue weighted by atomic mass is 16.7. The lowest BCUT2D eigenvalue weighted by atomic mass is 10.0. The average Bonchev–Trinajstić information content (AvgIpc) is 3.10. The van der Waals surface area contributed by atoms with Gasteiger partial charge in [-0.3, -0.25) is 0 Å². The fourth-order valence-electron chi connectivity index (χ4n) is 3.03. The Morgan fingerprint density at radius 2 is 1.72 bits per heavy atom. The molecule has 0 N–H and O–H groups in total. The summed E-state index contributed by atoms with van der Waals surface area (Å²) in [6, 6.07) is 0. The first-order chi connectivity index (χ1) is 8.81. The van der Waals surface area contributed by atoms with E-state index in [9.17, 15) is 0 Å². The van der Waals surface area contributed by atoms with Gasteiger partial charge in [0.2, 0.25) is 0 Å². The van der Waals surface area contributed by atoms with E-state index in [2.05, 4.69) is 6.08 Å². The largest absolute Gasteiger partial charge is 0.501 e. The minimum atomic E-state index is -0.231. The molecular weight excluding hydrogens is 228 g/mol. The van der Waals surface area contributed by atoms with Gasteiger partial charge in [-0.25, -0.2) is 0 Å². The van der Waals surface area contributed by atoms with Gasteiger partial charge in [0.05, 0.1) is 26.1 Å². The second-order valence-corrected chi connectivity index (χ2v) is 4.48. The van der Waals surface area contributed by atoms with Crippen molar-refractivity contribution in [1.82, 2.24) is 0 Å². The van der Waals surface area contributed by atoms with E-state index in [4.69, 9.17) is 14.2 Å². The van der Waals surface area contributed by atoms with Crippen LogP contribution in [0.3, 0.4) is 0 Å². The fourth-order valence-corrected chi connectivity index (χ4v) is 3.03. The van der Waals surface area contributed by atoms with Gasteiger partial charge in [0.1, 0.15) is 0 Å². The molecule has 0 amide bonds. The Balaban J connectivity index is 0.000000371. The van der Waals surface area contributed by atoms with E-state index in [1.54, 1.807) is 7.11 Å². The third-order valence-electron chi connectivity index (χ3n) is 3.66. The molecule has 3 rings (SSSR count). The van der Waals surface area contributed by atoms with Crippen LogP contribution in [0.2, 0.25) is 0 Å². The van der Waals surface area contributed by atoms with Gasteiger partial charge in [-0.05, 0) is 17.9 Å². The molecule has 2 aliphatic carbocycles. The van der Waals surface area contributed by atoms with Crippen molar-refractivity contribution in [3.05, 3.63) is 11.8 Å². The molecule has 0 bridgehead atoms. The van der Waals surface area contributed by atoms with Crippen LogP contribution in [-0.4, -0.2) is 26.1 Å². The molecule has 106 valence electrons. The second kappa shape index (κ2) is 7.15. The maximum absolute atomic E-state index is 5.71. The summed E-state index contributed by atoms with van der Waals surface area (Å²) in [5.41, 5.74) is 0. The second-order valence-electron chi connectivity index (χ2n) is 4.48. The summed E-state index contributed by atoms with van der Waals surface area (Å²) in [6.07, 6.45) is 5.38. The predicted molar refractivity (Wildman–Crippen MR) is 73.3 cm³/mol. The lowest BCUT2D eigenvalue weighted by molar-refractivity contribution is -0.154. The minimum absolute atomic E-state index is 0.231. The molecule has 0 aromatic rings. The molecule has 1 spiro atoms. The zero-order valence-electron chi connectivity index (χ0n) is 12.5. The molecule has 2 atom stereocenters. The summed E-state index contributed by atoms with van der Waals surface area (Å²) in [4.78, 5) is 0. The number of allylic oxidation sites excluding steroid dienone is 2. The molecule has 1 heterocycles. The third kappa shape index (κ3) is 3.07. The molecule has 0 radical (unpaired) electrons. The van der Waals surface area contributed by atoms with Crippen LogP contribution in [0.1, 0.15) is 47.0 Å². The molecular formula is C15H28O3. The Labute approximate surface area is 111 Å². The van der Waals surface area contributed by atoms with E-state index in [0.29, 0.717) is 11.8 Å². The minimum Gasteiger partial charge on any atom is -0.501 e. The summed E-state index contributed by atoms with van der Waals surface area (Å²) in [5.74, 6) is 2.21. The van der Waals surface area contributed by atoms with Crippen molar-refractivity contribution in [2.24, 2.45) is 11.8 Å². The van der Waals surface area contributed by atoms with E-state index >= 15 is 0 Å². The van der Waals surface area contributed by atoms with Crippen molar-refractivity contribution in [3.63, 3.8) is 0 Å². The quantitative estimate of drug-likeness (QED) is 0.715. The van der Waals surface area contributed by atoms with Crippen LogP contribution < -0.4 is 0 Å². The van der Waals surface area contributed by atoms with Crippen molar-refractivity contribution in [2.75, 3.05) is 20.3 Å². The smallest absolute Gasteiger partial charge is 0.169 e. The van der Waals surface area contributed by atoms with E-state index < -0.39 is 0 Å². The first kappa shape index (κ1) is 15.5. The SMILES string of the molecule is CC.CC.COC1=CC2CC3(CC2C1)OCCO3. The number of ether oxygens (including phenoxy) is 3. The highest BCUT2D eigenvalue weighted by Crippen LogP contribution is 2.50. The lowest BCUT2D eigenvalue weighted by Crippen LogP contribution is -2.26. The standard InChI is InChI=1S/C11H16O3.2C2H6/c1-12-10-4-8-6-11(7-9(8)5-10)13-2-3-14-11;2*1-2/h4,8-9H,2-3,5-7H2,1H3;2*1-2H3. The average molecular weight is 256 g/mol. The molecule has 3 aliphatic rings. The summed E-state index contributed by atoms with van der Waals surface area (Å²) in [7, 11) is 1.76. The monoisotopic (exact) mass is 256 g/mol. The zero-order valence-corrected chi connectivity index (χ0v) is 12.5. The van der Waals surface area contributed by atoms with E-state index in [1.807, 2.05) is 27.7 Å². The van der Waals surface area contributed by atoms with Gasteiger partial charge in [-0.2, -0.15) is 0 Å². The molecule has 2 fully saturated rings. The van der Waals surface area contributed by atoms with Gasteiger partial charge in [-0.1, -0.05) is 27.7 Å². The third-order valence-corrected chi connectivity index (χ3v) is 3.66. The van der Waals surface area contributed by atoms with Gasteiger partial charge in [0.15, 0.2) is 5.79 Å². The van der Waals surface area contributed by atoms with Gasteiger partial charge >= 0.3 is 0 Å². The van der Waals surface area contributed by atoms with Crippen LogP contribution in [0.4, 0.5) is 0 Å². The van der Waals surface area contributed by atoms with Crippen LogP contribution in [0.15, 0.2) is 11.8 Å². The van der Waals surface area contributed by atoms with Crippen LogP contribution in [0.25, 0.3) is 0 Å². The molecule has 1 saturated heterocycles. The van der Waals surface area contributed by atoms with Crippen molar-refractivity contribution in [2.45, 2.75) is 52.7 Å². The highest BCUT2D eigenvalue weighted by molar-refractivity contribution is 5.13. The molecule has 0 aromatic heterocycles. The van der Waals surface area contributed by atoms with Crippen molar-refractivity contribution in [1.29, 1.82) is 0 Å². The Morgan fingerprint density at radius 1 is 1.11 bits per heavy atom. The fraction of sp³-hybridized carbons (Fsp3) is 0.867. The Kier molecular flexibility index (Phi) is 6.16. The Bertz CT molecular complexity index is 267. The Hall–Kier alpha value is -0.540. The first-order valence-electron chi connectivity index (χ1n) is 7.34. The van der Waals surface area contributed by atoms with Gasteiger partial charge in [0.25, 0.3) is 0 Å². The van der Waals surface area contributed by atoms with Crippen LogP contribution >= 0.6 is 0 Å². The molecule has 18 heavy (non-hydrogen) atoms. The maximum Gasteiger partial charge on any atom is 0.169 e.